The number of phenolic OH excluding ortho intramolecular Hbond substituents is 1. The maximum absolute atomic E-state index is 15.1. The molecular weight excluding hydrogens is 757 g/mol. The van der Waals surface area contributed by atoms with Crippen molar-refractivity contribution in [2.24, 2.45) is 11.8 Å². The highest BCUT2D eigenvalue weighted by Crippen LogP contribution is 2.68. The van der Waals surface area contributed by atoms with Crippen molar-refractivity contribution in [3.05, 3.63) is 99.2 Å². The zero-order valence-corrected chi connectivity index (χ0v) is 36.5. The fraction of sp³-hybridized carbons (Fsp3) is 0.480. The van der Waals surface area contributed by atoms with E-state index in [1.54, 1.807) is 26.0 Å². The summed E-state index contributed by atoms with van der Waals surface area (Å²) < 4.78 is 21.2. The SMILES string of the molecule is CC(=O)c1ccc(N2CCN(C(=O)C(C)=CCC34OC(C)(C)C5CC(C=C6C(=O)c7c(O)c8c(c(CC=C(C)C)c7OC653)OC(C)(CCC=C(C)C)C=C8)C4=O)CC2)cc1. The number of hydrogen-bond donors (Lipinski definition) is 1. The lowest BCUT2D eigenvalue weighted by Crippen LogP contribution is -2.72. The van der Waals surface area contributed by atoms with Crippen molar-refractivity contribution >= 4 is 35.0 Å². The van der Waals surface area contributed by atoms with Crippen molar-refractivity contribution < 1.29 is 38.5 Å². The minimum absolute atomic E-state index is 0.0186. The van der Waals surface area contributed by atoms with E-state index in [1.807, 2.05) is 75.9 Å². The third-order valence-electron chi connectivity index (χ3n) is 13.7. The van der Waals surface area contributed by atoms with E-state index in [2.05, 4.69) is 30.9 Å². The normalized spacial score (nSPS) is 28.2. The number of anilines is 1. The van der Waals surface area contributed by atoms with Gasteiger partial charge in [-0.2, -0.15) is 0 Å². The molecule has 3 aliphatic carbocycles. The molecule has 1 amide bonds. The smallest absolute Gasteiger partial charge is 0.249 e. The Labute approximate surface area is 353 Å². The Bertz CT molecular complexity index is 2350. The van der Waals surface area contributed by atoms with Crippen LogP contribution in [0.5, 0.6) is 17.2 Å². The first-order valence-corrected chi connectivity index (χ1v) is 21.4. The second kappa shape index (κ2) is 14.8. The summed E-state index contributed by atoms with van der Waals surface area (Å²) in [5, 5.41) is 12.0. The summed E-state index contributed by atoms with van der Waals surface area (Å²) in [6.07, 6.45) is 14.0. The number of amides is 1. The highest BCUT2D eigenvalue weighted by Gasteiger charge is 2.81. The number of phenols is 1. The van der Waals surface area contributed by atoms with Gasteiger partial charge in [0.25, 0.3) is 0 Å². The Morgan fingerprint density at radius 3 is 2.22 bits per heavy atom. The lowest BCUT2D eigenvalue weighted by molar-refractivity contribution is -0.171. The van der Waals surface area contributed by atoms with Crippen LogP contribution in [-0.4, -0.2) is 81.8 Å². The number of allylic oxidation sites excluding steroid dienone is 5. The molecule has 0 aromatic heterocycles. The van der Waals surface area contributed by atoms with Gasteiger partial charge in [0.1, 0.15) is 28.4 Å². The largest absolute Gasteiger partial charge is 0.506 e. The Morgan fingerprint density at radius 2 is 1.57 bits per heavy atom. The Morgan fingerprint density at radius 1 is 0.883 bits per heavy atom. The van der Waals surface area contributed by atoms with Gasteiger partial charge in [-0.25, -0.2) is 0 Å². The number of ether oxygens (including phenoxy) is 3. The standard InChI is InChI=1S/C50H58N2O8/c1-29(2)11-10-20-48(9)21-19-36-41(54)40-42(55)38-27-34-28-39-47(7,8)60-49(45(34)56,50(38,39)59-44(40)37(43(36)58-48)17-12-30(3)4)22-18-31(5)46(57)52-25-23-51(24-26-52)35-15-13-33(14-16-35)32(6)53/h11-16,18-19,21,27,34,39,54H,10,17,20,22-26,28H2,1-9H3. The van der Waals surface area contributed by atoms with E-state index in [0.29, 0.717) is 79.0 Å². The number of Topliss-reactive ketones (excluding diaryl/α,β-unsaturated/α-hetero) is 3. The molecular formula is C50H58N2O8. The first-order valence-electron chi connectivity index (χ1n) is 21.4. The number of rotatable bonds is 10. The molecule has 10 heteroatoms. The number of carbonyl (C=O) groups is 4. The van der Waals surface area contributed by atoms with E-state index in [-0.39, 0.29) is 52.7 Å². The van der Waals surface area contributed by atoms with E-state index in [1.165, 1.54) is 5.57 Å². The molecule has 10 nitrogen and oxygen atoms in total. The highest BCUT2D eigenvalue weighted by atomic mass is 16.6. The molecule has 316 valence electrons. The zero-order chi connectivity index (χ0) is 43.1. The van der Waals surface area contributed by atoms with E-state index >= 15 is 4.79 Å². The van der Waals surface area contributed by atoms with E-state index in [4.69, 9.17) is 14.2 Å². The van der Waals surface area contributed by atoms with Crippen molar-refractivity contribution in [3.8, 4) is 17.2 Å². The van der Waals surface area contributed by atoms with Gasteiger partial charge in [0.2, 0.25) is 5.91 Å². The molecule has 9 rings (SSSR count). The van der Waals surface area contributed by atoms with Crippen molar-refractivity contribution in [2.75, 3.05) is 31.1 Å². The summed E-state index contributed by atoms with van der Waals surface area (Å²) in [6, 6.07) is 7.54. The van der Waals surface area contributed by atoms with Crippen molar-refractivity contribution in [1.82, 2.24) is 4.90 Å². The summed E-state index contributed by atoms with van der Waals surface area (Å²) in [6.45, 7) is 19.7. The first-order chi connectivity index (χ1) is 28.3. The number of hydrogen-bond acceptors (Lipinski definition) is 9. The third-order valence-corrected chi connectivity index (χ3v) is 13.7. The summed E-state index contributed by atoms with van der Waals surface area (Å²) >= 11 is 0. The molecule has 1 N–H and O–H groups in total. The number of aromatic hydroxyl groups is 1. The zero-order valence-electron chi connectivity index (χ0n) is 36.5. The molecule has 0 radical (unpaired) electrons. The van der Waals surface area contributed by atoms with Crippen LogP contribution in [0.3, 0.4) is 0 Å². The number of piperazine rings is 1. The second-order valence-electron chi connectivity index (χ2n) is 18.8. The maximum atomic E-state index is 15.1. The summed E-state index contributed by atoms with van der Waals surface area (Å²) in [7, 11) is 0. The molecule has 2 aromatic carbocycles. The van der Waals surface area contributed by atoms with Crippen molar-refractivity contribution in [1.29, 1.82) is 0 Å². The molecule has 1 spiro atoms. The first kappa shape index (κ1) is 41.5. The predicted octanol–water partition coefficient (Wildman–Crippen LogP) is 8.71. The van der Waals surface area contributed by atoms with Crippen molar-refractivity contribution in [3.63, 3.8) is 0 Å². The van der Waals surface area contributed by atoms with Crippen LogP contribution in [-0.2, 0) is 20.7 Å². The lowest BCUT2D eigenvalue weighted by Gasteiger charge is -2.56. The van der Waals surface area contributed by atoms with Gasteiger partial charge < -0.3 is 29.1 Å². The van der Waals surface area contributed by atoms with Crippen molar-refractivity contribution in [2.45, 2.75) is 117 Å². The predicted molar refractivity (Wildman–Crippen MR) is 232 cm³/mol. The minimum atomic E-state index is -1.60. The van der Waals surface area contributed by atoms with Crippen LogP contribution in [0, 0.1) is 11.8 Å². The van der Waals surface area contributed by atoms with E-state index in [9.17, 15) is 19.5 Å². The number of benzene rings is 2. The van der Waals surface area contributed by atoms with Crippen LogP contribution in [0.4, 0.5) is 5.69 Å². The van der Waals surface area contributed by atoms with Gasteiger partial charge in [-0.15, -0.1) is 0 Å². The third kappa shape index (κ3) is 6.48. The number of carbonyl (C=O) groups excluding carboxylic acids is 4. The summed E-state index contributed by atoms with van der Waals surface area (Å²) in [4.78, 5) is 59.8. The lowest BCUT2D eigenvalue weighted by atomic mass is 9.51. The Kier molecular flexibility index (Phi) is 10.2. The van der Waals surface area contributed by atoms with Gasteiger partial charge in [0.15, 0.2) is 28.6 Å². The fourth-order valence-electron chi connectivity index (χ4n) is 10.5. The molecule has 4 bridgehead atoms. The number of nitrogens with zero attached hydrogens (tertiary/aromatic N) is 2. The second-order valence-corrected chi connectivity index (χ2v) is 18.8. The number of fused-ring (bicyclic) bond motifs is 2. The van der Waals surface area contributed by atoms with Crippen LogP contribution in [0.1, 0.15) is 120 Å². The quantitative estimate of drug-likeness (QED) is 0.143. The fourth-order valence-corrected chi connectivity index (χ4v) is 10.5. The maximum Gasteiger partial charge on any atom is 0.249 e. The van der Waals surface area contributed by atoms with Gasteiger partial charge in [0, 0.05) is 72.4 Å². The molecule has 7 aliphatic rings. The van der Waals surface area contributed by atoms with E-state index in [0.717, 1.165) is 17.7 Å². The molecule has 1 saturated carbocycles. The molecule has 60 heavy (non-hydrogen) atoms. The highest BCUT2D eigenvalue weighted by molar-refractivity contribution is 6.19. The van der Waals surface area contributed by atoms with Gasteiger partial charge in [-0.1, -0.05) is 35.5 Å². The van der Waals surface area contributed by atoms with Gasteiger partial charge >= 0.3 is 0 Å². The molecule has 3 fully saturated rings. The molecule has 5 atom stereocenters. The van der Waals surface area contributed by atoms with Crippen LogP contribution in [0.2, 0.25) is 0 Å². The topological polar surface area (TPSA) is 123 Å². The molecule has 4 aliphatic heterocycles. The summed E-state index contributed by atoms with van der Waals surface area (Å²) in [5.41, 5.74) is 1.25. The molecule has 2 aromatic rings. The Hall–Kier alpha value is -5.22. The molecule has 5 unspecified atom stereocenters. The molecule has 4 heterocycles. The Balaban J connectivity index is 1.15. The average Bonchev–Trinajstić information content (AvgIpc) is 3.36. The van der Waals surface area contributed by atoms with E-state index < -0.39 is 28.3 Å². The van der Waals surface area contributed by atoms with Crippen LogP contribution >= 0.6 is 0 Å². The van der Waals surface area contributed by atoms with Crippen LogP contribution in [0.15, 0.2) is 76.9 Å². The van der Waals surface area contributed by atoms with Gasteiger partial charge in [-0.3, -0.25) is 19.2 Å². The monoisotopic (exact) mass is 814 g/mol. The van der Waals surface area contributed by atoms with Crippen LogP contribution in [0.25, 0.3) is 6.08 Å². The summed E-state index contributed by atoms with van der Waals surface area (Å²) in [5.74, 6) is -1.12. The molecule has 2 saturated heterocycles. The van der Waals surface area contributed by atoms with Gasteiger partial charge in [-0.05, 0) is 124 Å². The average molecular weight is 815 g/mol. The van der Waals surface area contributed by atoms with Gasteiger partial charge in [0.05, 0.1) is 11.2 Å². The number of ketones is 3. The van der Waals surface area contributed by atoms with Crippen LogP contribution < -0.4 is 14.4 Å². The minimum Gasteiger partial charge on any atom is -0.506 e.